The molecule has 1 aliphatic heterocycles. The monoisotopic (exact) mass is 491 g/mol. The summed E-state index contributed by atoms with van der Waals surface area (Å²) in [5.41, 5.74) is 1.09. The average Bonchev–Trinajstić information content (AvgIpc) is 2.80. The summed E-state index contributed by atoms with van der Waals surface area (Å²) >= 11 is 1.34. The number of nitrogens with one attached hydrogen (secondary N) is 2. The fraction of sp³-hybridized carbons (Fsp3) is 0.391. The molecule has 0 saturated carbocycles. The number of hydrogen-bond donors (Lipinski definition) is 2. The zero-order valence-corrected chi connectivity index (χ0v) is 20.4. The number of hydrogen-bond acceptors (Lipinski definition) is 6. The van der Waals surface area contributed by atoms with E-state index in [1.807, 2.05) is 12.1 Å². The van der Waals surface area contributed by atoms with Gasteiger partial charge >= 0.3 is 0 Å². The highest BCUT2D eigenvalue weighted by Gasteiger charge is 2.29. The third kappa shape index (κ3) is 6.96. The van der Waals surface area contributed by atoms with Crippen molar-refractivity contribution in [3.05, 3.63) is 42.5 Å². The molecular formula is C23H29N3O5S2. The number of sulfonamides is 1. The molecule has 3 rings (SSSR count). The van der Waals surface area contributed by atoms with E-state index in [0.29, 0.717) is 31.1 Å². The molecule has 8 nitrogen and oxygen atoms in total. The molecule has 178 valence electrons. The van der Waals surface area contributed by atoms with Gasteiger partial charge in [-0.15, -0.1) is 11.8 Å². The zero-order chi connectivity index (χ0) is 23.8. The van der Waals surface area contributed by atoms with E-state index in [4.69, 9.17) is 4.74 Å². The van der Waals surface area contributed by atoms with Crippen molar-refractivity contribution < 1.29 is 22.7 Å². The Kier molecular flexibility index (Phi) is 8.76. The second kappa shape index (κ2) is 11.5. The topological polar surface area (TPSA) is 105 Å². The summed E-state index contributed by atoms with van der Waals surface area (Å²) in [6.45, 7) is 4.55. The van der Waals surface area contributed by atoms with Crippen LogP contribution in [0.2, 0.25) is 0 Å². The number of amides is 2. The Labute approximate surface area is 199 Å². The minimum Gasteiger partial charge on any atom is -0.492 e. The number of rotatable bonds is 9. The van der Waals surface area contributed by atoms with Crippen molar-refractivity contribution in [3.63, 3.8) is 0 Å². The van der Waals surface area contributed by atoms with Crippen LogP contribution >= 0.6 is 11.8 Å². The van der Waals surface area contributed by atoms with E-state index in [1.54, 1.807) is 31.2 Å². The summed E-state index contributed by atoms with van der Waals surface area (Å²) in [4.78, 5) is 24.5. The molecule has 0 bridgehead atoms. The lowest BCUT2D eigenvalue weighted by atomic mass is 10.2. The predicted octanol–water partition coefficient (Wildman–Crippen LogP) is 3.95. The van der Waals surface area contributed by atoms with Crippen LogP contribution in [0.1, 0.15) is 33.1 Å². The second-order valence-electron chi connectivity index (χ2n) is 7.60. The molecule has 1 aliphatic rings. The lowest BCUT2D eigenvalue weighted by molar-refractivity contribution is -0.114. The summed E-state index contributed by atoms with van der Waals surface area (Å²) in [7, 11) is -3.72. The highest BCUT2D eigenvalue weighted by molar-refractivity contribution is 8.00. The molecule has 1 fully saturated rings. The highest BCUT2D eigenvalue weighted by atomic mass is 32.2. The number of carbonyl (C=O) groups excluding carboxylic acids is 2. The van der Waals surface area contributed by atoms with E-state index >= 15 is 0 Å². The summed E-state index contributed by atoms with van der Waals surface area (Å²) in [6, 6.07) is 11.9. The van der Waals surface area contributed by atoms with Crippen LogP contribution in [0.4, 0.5) is 11.4 Å². The van der Waals surface area contributed by atoms with Gasteiger partial charge in [0, 0.05) is 36.3 Å². The number of ether oxygens (including phenoxy) is 1. The summed E-state index contributed by atoms with van der Waals surface area (Å²) in [5, 5.41) is 5.47. The van der Waals surface area contributed by atoms with E-state index in [2.05, 4.69) is 10.6 Å². The summed E-state index contributed by atoms with van der Waals surface area (Å²) in [5.74, 6) is 0.0406. The van der Waals surface area contributed by atoms with Crippen LogP contribution in [0.15, 0.2) is 52.3 Å². The molecule has 2 amide bonds. The fourth-order valence-electron chi connectivity index (χ4n) is 3.49. The van der Waals surface area contributed by atoms with E-state index in [9.17, 15) is 18.0 Å². The molecule has 0 spiro atoms. The predicted molar refractivity (Wildman–Crippen MR) is 130 cm³/mol. The first-order chi connectivity index (χ1) is 15.8. The number of carbonyl (C=O) groups is 2. The van der Waals surface area contributed by atoms with E-state index < -0.39 is 10.0 Å². The molecule has 0 unspecified atom stereocenters. The van der Waals surface area contributed by atoms with Crippen LogP contribution < -0.4 is 15.4 Å². The van der Waals surface area contributed by atoms with Crippen LogP contribution in [0.5, 0.6) is 5.75 Å². The van der Waals surface area contributed by atoms with Crippen molar-refractivity contribution in [1.29, 1.82) is 0 Å². The van der Waals surface area contributed by atoms with E-state index in [-0.39, 0.29) is 28.2 Å². The minimum atomic E-state index is -3.72. The Bertz CT molecular complexity index is 1080. The molecule has 10 heteroatoms. The van der Waals surface area contributed by atoms with Crippen LogP contribution in [-0.4, -0.2) is 50.0 Å². The average molecular weight is 492 g/mol. The first kappa shape index (κ1) is 25.1. The molecule has 2 aromatic carbocycles. The van der Waals surface area contributed by atoms with Gasteiger partial charge in [-0.1, -0.05) is 6.42 Å². The van der Waals surface area contributed by atoms with Crippen molar-refractivity contribution in [2.75, 3.05) is 36.1 Å². The Hall–Kier alpha value is -2.56. The van der Waals surface area contributed by atoms with Crippen molar-refractivity contribution in [2.45, 2.75) is 42.9 Å². The molecule has 0 atom stereocenters. The van der Waals surface area contributed by atoms with Crippen LogP contribution in [0.25, 0.3) is 0 Å². The van der Waals surface area contributed by atoms with Gasteiger partial charge in [-0.2, -0.15) is 4.31 Å². The largest absolute Gasteiger partial charge is 0.492 e. The molecule has 0 aliphatic carbocycles. The Morgan fingerprint density at radius 1 is 1.00 bits per heavy atom. The minimum absolute atomic E-state index is 0.0743. The van der Waals surface area contributed by atoms with Gasteiger partial charge in [-0.05, 0) is 62.2 Å². The van der Waals surface area contributed by atoms with Gasteiger partial charge in [-0.3, -0.25) is 9.59 Å². The number of thioether (sulfide) groups is 1. The van der Waals surface area contributed by atoms with Gasteiger partial charge in [0.2, 0.25) is 21.8 Å². The van der Waals surface area contributed by atoms with E-state index in [0.717, 1.165) is 24.2 Å². The van der Waals surface area contributed by atoms with Crippen LogP contribution in [-0.2, 0) is 19.6 Å². The number of benzene rings is 2. The first-order valence-corrected chi connectivity index (χ1v) is 13.3. The third-order valence-electron chi connectivity index (χ3n) is 5.00. The molecule has 1 saturated heterocycles. The molecular weight excluding hydrogens is 462 g/mol. The lowest BCUT2D eigenvalue weighted by Gasteiger charge is -2.27. The van der Waals surface area contributed by atoms with Crippen LogP contribution in [0, 0.1) is 0 Å². The van der Waals surface area contributed by atoms with Gasteiger partial charge < -0.3 is 15.4 Å². The standard InChI is InChI=1S/C23H29N3O5S2/c1-3-31-21-12-9-19(15-22(21)33(29,30)26-13-5-4-6-14-26)25-23(28)16-32-20-10-7-18(8-11-20)24-17(2)27/h7-12,15H,3-6,13-14,16H2,1-2H3,(H,24,27)(H,25,28). The molecule has 0 aromatic heterocycles. The number of anilines is 2. The highest BCUT2D eigenvalue weighted by Crippen LogP contribution is 2.31. The lowest BCUT2D eigenvalue weighted by Crippen LogP contribution is -2.35. The second-order valence-corrected chi connectivity index (χ2v) is 10.6. The van der Waals surface area contributed by atoms with E-state index in [1.165, 1.54) is 29.1 Å². The maximum Gasteiger partial charge on any atom is 0.246 e. The SMILES string of the molecule is CCOc1ccc(NC(=O)CSc2ccc(NC(C)=O)cc2)cc1S(=O)(=O)N1CCCCC1. The smallest absolute Gasteiger partial charge is 0.246 e. The molecule has 33 heavy (non-hydrogen) atoms. The van der Waals surface area contributed by atoms with Gasteiger partial charge in [0.05, 0.1) is 12.4 Å². The van der Waals surface area contributed by atoms with Crippen molar-refractivity contribution >= 4 is 45.0 Å². The first-order valence-electron chi connectivity index (χ1n) is 10.9. The Balaban J connectivity index is 1.68. The summed E-state index contributed by atoms with van der Waals surface area (Å²) < 4.78 is 33.5. The maximum absolute atomic E-state index is 13.2. The molecule has 2 aromatic rings. The van der Waals surface area contributed by atoms with Crippen LogP contribution in [0.3, 0.4) is 0 Å². The van der Waals surface area contributed by atoms with Crippen molar-refractivity contribution in [3.8, 4) is 5.75 Å². The number of nitrogens with zero attached hydrogens (tertiary/aromatic N) is 1. The fourth-order valence-corrected chi connectivity index (χ4v) is 5.86. The quantitative estimate of drug-likeness (QED) is 0.515. The van der Waals surface area contributed by atoms with Gasteiger partial charge in [-0.25, -0.2) is 8.42 Å². The van der Waals surface area contributed by atoms with Crippen molar-refractivity contribution in [1.82, 2.24) is 4.31 Å². The van der Waals surface area contributed by atoms with Crippen molar-refractivity contribution in [2.24, 2.45) is 0 Å². The molecule has 2 N–H and O–H groups in total. The molecule has 0 radical (unpaired) electrons. The summed E-state index contributed by atoms with van der Waals surface area (Å²) in [6.07, 6.45) is 2.69. The Morgan fingerprint density at radius 2 is 1.67 bits per heavy atom. The number of piperidine rings is 1. The normalized spacial score (nSPS) is 14.5. The van der Waals surface area contributed by atoms with Gasteiger partial charge in [0.1, 0.15) is 10.6 Å². The molecule has 1 heterocycles. The third-order valence-corrected chi connectivity index (χ3v) is 7.94. The van der Waals surface area contributed by atoms with Gasteiger partial charge in [0.25, 0.3) is 0 Å². The Morgan fingerprint density at radius 3 is 2.30 bits per heavy atom. The van der Waals surface area contributed by atoms with Gasteiger partial charge in [0.15, 0.2) is 0 Å². The zero-order valence-electron chi connectivity index (χ0n) is 18.8. The maximum atomic E-state index is 13.2.